The molecule has 25 heavy (non-hydrogen) atoms. The summed E-state index contributed by atoms with van der Waals surface area (Å²) in [5.41, 5.74) is 0.703. The molecule has 2 aliphatic rings. The minimum absolute atomic E-state index is 0.0915. The fourth-order valence-electron chi connectivity index (χ4n) is 4.14. The van der Waals surface area contributed by atoms with E-state index in [1.807, 2.05) is 29.2 Å². The van der Waals surface area contributed by atoms with Gasteiger partial charge in [-0.15, -0.1) is 0 Å². The minimum atomic E-state index is 0.0915. The lowest BCUT2D eigenvalue weighted by molar-refractivity contribution is 0.0505. The minimum Gasteiger partial charge on any atom is -0.497 e. The van der Waals surface area contributed by atoms with E-state index >= 15 is 0 Å². The van der Waals surface area contributed by atoms with Crippen molar-refractivity contribution in [3.63, 3.8) is 0 Å². The lowest BCUT2D eigenvalue weighted by Crippen LogP contribution is -2.47. The molecule has 1 aromatic carbocycles. The van der Waals surface area contributed by atoms with Gasteiger partial charge in [0, 0.05) is 30.1 Å². The van der Waals surface area contributed by atoms with E-state index in [0.29, 0.717) is 24.1 Å². The van der Waals surface area contributed by atoms with Gasteiger partial charge in [0.15, 0.2) is 0 Å². The summed E-state index contributed by atoms with van der Waals surface area (Å²) in [5.74, 6) is 2.17. The average molecular weight is 338 g/mol. The summed E-state index contributed by atoms with van der Waals surface area (Å²) in [6, 6.07) is 11.6. The van der Waals surface area contributed by atoms with Crippen LogP contribution in [-0.2, 0) is 0 Å². The van der Waals surface area contributed by atoms with Gasteiger partial charge in [0.1, 0.15) is 18.1 Å². The number of hydrogen-bond acceptors (Lipinski definition) is 4. The van der Waals surface area contributed by atoms with Crippen molar-refractivity contribution in [2.75, 3.05) is 13.7 Å². The zero-order valence-electron chi connectivity index (χ0n) is 14.3. The van der Waals surface area contributed by atoms with Gasteiger partial charge in [-0.05, 0) is 49.4 Å². The van der Waals surface area contributed by atoms with E-state index in [1.54, 1.807) is 31.6 Å². The summed E-state index contributed by atoms with van der Waals surface area (Å²) in [4.78, 5) is 19.0. The third-order valence-electron chi connectivity index (χ3n) is 5.36. The van der Waals surface area contributed by atoms with Crippen LogP contribution in [0.4, 0.5) is 0 Å². The highest BCUT2D eigenvalue weighted by Crippen LogP contribution is 2.43. The monoisotopic (exact) mass is 338 g/mol. The van der Waals surface area contributed by atoms with Crippen molar-refractivity contribution in [2.24, 2.45) is 5.92 Å². The molecule has 1 aliphatic carbocycles. The van der Waals surface area contributed by atoms with Crippen molar-refractivity contribution in [1.29, 1.82) is 0 Å². The highest BCUT2D eigenvalue weighted by atomic mass is 16.5. The highest BCUT2D eigenvalue weighted by molar-refractivity contribution is 5.94. The maximum Gasteiger partial charge on any atom is 0.254 e. The molecule has 0 N–H and O–H groups in total. The second kappa shape index (κ2) is 6.75. The van der Waals surface area contributed by atoms with Crippen LogP contribution in [0.25, 0.3) is 0 Å². The molecule has 130 valence electrons. The van der Waals surface area contributed by atoms with Crippen LogP contribution in [0.15, 0.2) is 48.8 Å². The lowest BCUT2D eigenvalue weighted by atomic mass is 9.98. The molecule has 2 bridgehead atoms. The number of rotatable bonds is 5. The van der Waals surface area contributed by atoms with Crippen LogP contribution in [0.3, 0.4) is 0 Å². The molecule has 1 saturated heterocycles. The maximum absolute atomic E-state index is 13.0. The van der Waals surface area contributed by atoms with E-state index < -0.39 is 0 Å². The summed E-state index contributed by atoms with van der Waals surface area (Å²) >= 11 is 0. The predicted octanol–water partition coefficient (Wildman–Crippen LogP) is 3.16. The number of benzene rings is 1. The molecule has 1 amide bonds. The molecule has 1 aliphatic heterocycles. The number of ether oxygens (including phenoxy) is 2. The SMILES string of the molecule is COc1cccc(OC[C@@H]2[C@H]3CC[C@@H](C3)N2C(=O)c2ccncc2)c1. The number of carbonyl (C=O) groups is 1. The first-order valence-electron chi connectivity index (χ1n) is 8.76. The molecule has 0 spiro atoms. The van der Waals surface area contributed by atoms with Gasteiger partial charge in [-0.3, -0.25) is 9.78 Å². The number of amides is 1. The van der Waals surface area contributed by atoms with E-state index in [-0.39, 0.29) is 11.9 Å². The van der Waals surface area contributed by atoms with Gasteiger partial charge in [0.05, 0.1) is 13.2 Å². The largest absolute Gasteiger partial charge is 0.497 e. The molecular formula is C20H22N2O3. The Morgan fingerprint density at radius 2 is 2.00 bits per heavy atom. The fraction of sp³-hybridized carbons (Fsp3) is 0.400. The zero-order chi connectivity index (χ0) is 17.2. The van der Waals surface area contributed by atoms with Crippen LogP contribution in [0.1, 0.15) is 29.6 Å². The quantitative estimate of drug-likeness (QED) is 0.840. The number of methoxy groups -OCH3 is 1. The van der Waals surface area contributed by atoms with Crippen LogP contribution in [-0.4, -0.2) is 41.6 Å². The Morgan fingerprint density at radius 3 is 2.80 bits per heavy atom. The summed E-state index contributed by atoms with van der Waals surface area (Å²) in [7, 11) is 1.64. The number of pyridine rings is 1. The smallest absolute Gasteiger partial charge is 0.254 e. The molecule has 2 fully saturated rings. The molecule has 0 radical (unpaired) electrons. The van der Waals surface area contributed by atoms with E-state index in [4.69, 9.17) is 9.47 Å². The molecule has 1 saturated carbocycles. The van der Waals surface area contributed by atoms with Crippen LogP contribution in [0.5, 0.6) is 11.5 Å². The van der Waals surface area contributed by atoms with Crippen molar-refractivity contribution >= 4 is 5.91 Å². The Balaban J connectivity index is 1.50. The van der Waals surface area contributed by atoms with Crippen LogP contribution < -0.4 is 9.47 Å². The number of hydrogen-bond donors (Lipinski definition) is 0. The van der Waals surface area contributed by atoms with Gasteiger partial charge in [-0.1, -0.05) is 6.07 Å². The standard InChI is InChI=1S/C20H22N2O3/c1-24-17-3-2-4-18(12-17)25-13-19-15-5-6-16(11-15)22(19)20(23)14-7-9-21-10-8-14/h2-4,7-10,12,15-16,19H,5-6,11,13H2,1H3/t15-,16-,19+/m0/s1. The predicted molar refractivity (Wildman–Crippen MR) is 93.8 cm³/mol. The maximum atomic E-state index is 13.0. The third kappa shape index (κ3) is 3.06. The number of carbonyl (C=O) groups excluding carboxylic acids is 1. The Labute approximate surface area is 147 Å². The van der Waals surface area contributed by atoms with Gasteiger partial charge < -0.3 is 14.4 Å². The molecule has 5 nitrogen and oxygen atoms in total. The second-order valence-electron chi connectivity index (χ2n) is 6.73. The summed E-state index contributed by atoms with van der Waals surface area (Å²) in [6.45, 7) is 0.519. The number of nitrogens with zero attached hydrogens (tertiary/aromatic N) is 2. The third-order valence-corrected chi connectivity index (χ3v) is 5.36. The van der Waals surface area contributed by atoms with Crippen molar-refractivity contribution in [3.05, 3.63) is 54.4 Å². The average Bonchev–Trinajstić information content (AvgIpc) is 3.28. The Hall–Kier alpha value is -2.56. The van der Waals surface area contributed by atoms with Crippen molar-refractivity contribution < 1.29 is 14.3 Å². The zero-order valence-corrected chi connectivity index (χ0v) is 14.3. The number of fused-ring (bicyclic) bond motifs is 2. The molecular weight excluding hydrogens is 316 g/mol. The molecule has 2 heterocycles. The first kappa shape index (κ1) is 15.9. The Bertz CT molecular complexity index is 750. The Kier molecular flexibility index (Phi) is 4.30. The molecule has 1 aromatic heterocycles. The normalized spacial score (nSPS) is 24.4. The summed E-state index contributed by atoms with van der Waals surface area (Å²) < 4.78 is 11.3. The molecule has 5 heteroatoms. The van der Waals surface area contributed by atoms with Crippen LogP contribution in [0, 0.1) is 5.92 Å². The number of piperidine rings is 1. The number of aromatic nitrogens is 1. The van der Waals surface area contributed by atoms with Crippen LogP contribution >= 0.6 is 0 Å². The van der Waals surface area contributed by atoms with Gasteiger partial charge in [0.25, 0.3) is 5.91 Å². The lowest BCUT2D eigenvalue weighted by Gasteiger charge is -2.35. The van der Waals surface area contributed by atoms with Crippen molar-refractivity contribution in [2.45, 2.75) is 31.3 Å². The van der Waals surface area contributed by atoms with Gasteiger partial charge in [0.2, 0.25) is 0 Å². The second-order valence-corrected chi connectivity index (χ2v) is 6.73. The van der Waals surface area contributed by atoms with E-state index in [2.05, 4.69) is 4.98 Å². The van der Waals surface area contributed by atoms with Gasteiger partial charge in [-0.25, -0.2) is 0 Å². The van der Waals surface area contributed by atoms with Crippen molar-refractivity contribution in [1.82, 2.24) is 9.88 Å². The van der Waals surface area contributed by atoms with Gasteiger partial charge in [-0.2, -0.15) is 0 Å². The fourth-order valence-corrected chi connectivity index (χ4v) is 4.14. The number of likely N-dealkylation sites (tertiary alicyclic amines) is 1. The van der Waals surface area contributed by atoms with Gasteiger partial charge >= 0.3 is 0 Å². The van der Waals surface area contributed by atoms with Crippen molar-refractivity contribution in [3.8, 4) is 11.5 Å². The van der Waals surface area contributed by atoms with E-state index in [1.165, 1.54) is 6.42 Å². The summed E-state index contributed by atoms with van der Waals surface area (Å²) in [6.07, 6.45) is 6.70. The molecule has 3 atom stereocenters. The molecule has 2 aromatic rings. The molecule has 4 rings (SSSR count). The van der Waals surface area contributed by atoms with E-state index in [9.17, 15) is 4.79 Å². The molecule has 0 unspecified atom stereocenters. The van der Waals surface area contributed by atoms with E-state index in [0.717, 1.165) is 24.3 Å². The first-order chi connectivity index (χ1) is 12.3. The first-order valence-corrected chi connectivity index (χ1v) is 8.76. The summed E-state index contributed by atoms with van der Waals surface area (Å²) in [5, 5.41) is 0. The highest BCUT2D eigenvalue weighted by Gasteiger charge is 2.48. The Morgan fingerprint density at radius 1 is 1.20 bits per heavy atom. The van der Waals surface area contributed by atoms with Crippen LogP contribution in [0.2, 0.25) is 0 Å². The topological polar surface area (TPSA) is 51.7 Å².